The number of carbonyl (C=O) groups is 1. The average molecular weight is 615 g/mol. The van der Waals surface area contributed by atoms with E-state index in [0.29, 0.717) is 66.1 Å². The van der Waals surface area contributed by atoms with Gasteiger partial charge in [-0.2, -0.15) is 0 Å². The van der Waals surface area contributed by atoms with Crippen LogP contribution in [0.2, 0.25) is 0 Å². The Morgan fingerprint density at radius 2 is 0.651 bits per heavy atom. The topological polar surface area (TPSA) is 113 Å². The van der Waals surface area contributed by atoms with Gasteiger partial charge in [-0.15, -0.1) is 0 Å². The van der Waals surface area contributed by atoms with Gasteiger partial charge in [0, 0.05) is 11.8 Å². The van der Waals surface area contributed by atoms with Crippen molar-refractivity contribution in [2.24, 2.45) is 53.3 Å². The first kappa shape index (κ1) is 28.8. The Morgan fingerprint density at radius 1 is 0.372 bits per heavy atom. The van der Waals surface area contributed by atoms with Crippen LogP contribution in [-0.2, 0) is 4.79 Å². The molecule has 4 saturated carbocycles. The van der Waals surface area contributed by atoms with Crippen molar-refractivity contribution in [1.29, 1.82) is 0 Å². The maximum absolute atomic E-state index is 12.8. The van der Waals surface area contributed by atoms with E-state index in [1.807, 2.05) is 0 Å². The van der Waals surface area contributed by atoms with Crippen LogP contribution in [0.25, 0.3) is 0 Å². The van der Waals surface area contributed by atoms with E-state index in [1.54, 1.807) is 0 Å². The van der Waals surface area contributed by atoms with E-state index < -0.39 is 0 Å². The quantitative estimate of drug-likeness (QED) is 0.211. The second-order valence-corrected chi connectivity index (χ2v) is 16.4. The fourth-order valence-electron chi connectivity index (χ4n) is 12.3. The Morgan fingerprint density at radius 3 is 0.977 bits per heavy atom. The molecule has 9 fully saturated rings. The van der Waals surface area contributed by atoms with E-state index in [0.717, 1.165) is 19.3 Å². The molecule has 4 aliphatic carbocycles. The van der Waals surface area contributed by atoms with Crippen molar-refractivity contribution in [3.8, 4) is 0 Å². The summed E-state index contributed by atoms with van der Waals surface area (Å²) in [6, 6.07) is 0. The number of nitrogens with one attached hydrogen (secondary N) is 8. The lowest BCUT2D eigenvalue weighted by Gasteiger charge is -2.38. The molecule has 17 unspecified atom stereocenters. The lowest BCUT2D eigenvalue weighted by molar-refractivity contribution is -0.118. The summed E-state index contributed by atoms with van der Waals surface area (Å²) in [5.74, 6) is 4.49. The summed E-state index contributed by atoms with van der Waals surface area (Å²) in [5.41, 5.74) is 0. The van der Waals surface area contributed by atoms with Crippen LogP contribution in [0.1, 0.15) is 96.3 Å². The Hall–Kier alpha value is -0.360. The highest BCUT2D eigenvalue weighted by Crippen LogP contribution is 2.47. The molecular weight excluding hydrogens is 560 g/mol. The van der Waals surface area contributed by atoms with Gasteiger partial charge in [-0.3, -0.25) is 47.3 Å². The van der Waals surface area contributed by atoms with Crippen molar-refractivity contribution in [1.82, 2.24) is 42.5 Å². The van der Waals surface area contributed by atoms with E-state index in [9.17, 15) is 4.79 Å². The van der Waals surface area contributed by atoms with Gasteiger partial charge in [0.2, 0.25) is 5.24 Å². The molecule has 8 N–H and O–H groups in total. The number of halogens is 1. The van der Waals surface area contributed by atoms with Crippen molar-refractivity contribution >= 4 is 16.8 Å². The van der Waals surface area contributed by atoms with Crippen molar-refractivity contribution in [3.05, 3.63) is 0 Å². The zero-order valence-corrected chi connectivity index (χ0v) is 26.5. The molecule has 5 saturated heterocycles. The van der Waals surface area contributed by atoms with E-state index in [4.69, 9.17) is 11.6 Å². The molecule has 240 valence electrons. The van der Waals surface area contributed by atoms with Crippen molar-refractivity contribution in [2.45, 2.75) is 146 Å². The minimum absolute atomic E-state index is 0.0756. The van der Waals surface area contributed by atoms with Gasteiger partial charge in [0.05, 0.1) is 49.3 Å². The van der Waals surface area contributed by atoms with Gasteiger partial charge in [0.15, 0.2) is 0 Å². The molecule has 0 radical (unpaired) electrons. The molecule has 9 aliphatic rings. The molecule has 0 spiro atoms. The van der Waals surface area contributed by atoms with E-state index in [2.05, 4.69) is 42.5 Å². The first-order valence-corrected chi connectivity index (χ1v) is 18.8. The van der Waals surface area contributed by atoms with Crippen LogP contribution in [0.15, 0.2) is 0 Å². The average Bonchev–Trinajstić information content (AvgIpc) is 3.76. The number of carbonyl (C=O) groups excluding carboxylic acids is 1. The maximum atomic E-state index is 12.8. The molecule has 0 aromatic rings. The third-order valence-electron chi connectivity index (χ3n) is 14.2. The van der Waals surface area contributed by atoms with Gasteiger partial charge in [0.25, 0.3) is 0 Å². The number of hydrogen-bond donors (Lipinski definition) is 8. The molecule has 5 aliphatic heterocycles. The fourth-order valence-corrected chi connectivity index (χ4v) is 12.6. The largest absolute Gasteiger partial charge is 0.286 e. The van der Waals surface area contributed by atoms with Gasteiger partial charge >= 0.3 is 0 Å². The van der Waals surface area contributed by atoms with Crippen molar-refractivity contribution < 1.29 is 4.79 Å². The fraction of sp³-hybridized carbons (Fsp3) is 0.970. The van der Waals surface area contributed by atoms with Crippen molar-refractivity contribution in [2.75, 3.05) is 0 Å². The molecule has 9 rings (SSSR count). The molecule has 10 heteroatoms. The van der Waals surface area contributed by atoms with E-state index >= 15 is 0 Å². The van der Waals surface area contributed by atoms with Crippen LogP contribution in [0.3, 0.4) is 0 Å². The minimum Gasteiger partial charge on any atom is -0.286 e. The summed E-state index contributed by atoms with van der Waals surface area (Å²) in [6.45, 7) is 0. The highest BCUT2D eigenvalue weighted by molar-refractivity contribution is 6.64. The third-order valence-corrected chi connectivity index (χ3v) is 14.5. The van der Waals surface area contributed by atoms with Gasteiger partial charge in [0.1, 0.15) is 0 Å². The molecule has 5 heterocycles. The molecule has 43 heavy (non-hydrogen) atoms. The second kappa shape index (κ2) is 11.7. The highest BCUT2D eigenvalue weighted by Gasteiger charge is 2.56. The molecule has 0 aromatic carbocycles. The molecule has 9 nitrogen and oxygen atoms in total. The van der Waals surface area contributed by atoms with Crippen LogP contribution < -0.4 is 42.5 Å². The number of hydrogen-bond acceptors (Lipinski definition) is 9. The summed E-state index contributed by atoms with van der Waals surface area (Å²) < 4.78 is 0. The predicted molar refractivity (Wildman–Crippen MR) is 167 cm³/mol. The van der Waals surface area contributed by atoms with Gasteiger partial charge in [-0.25, -0.2) is 0 Å². The third kappa shape index (κ3) is 4.98. The summed E-state index contributed by atoms with van der Waals surface area (Å²) >= 11 is 6.36. The lowest BCUT2D eigenvalue weighted by Crippen LogP contribution is -2.61. The SMILES string of the molecule is O=C(Cl)C1CCCC2C3NC4NC(NC5NC(NC6NC(NC(N3)C12)C1CCCCC61)C1CCCCC51)C1CCCCC41. The van der Waals surface area contributed by atoms with E-state index in [-0.39, 0.29) is 41.7 Å². The Balaban J connectivity index is 1.07. The molecule has 17 atom stereocenters. The first-order chi connectivity index (χ1) is 21.1. The normalized spacial score (nSPS) is 56.1. The van der Waals surface area contributed by atoms with Crippen LogP contribution in [0.4, 0.5) is 0 Å². The van der Waals surface area contributed by atoms with Gasteiger partial charge in [-0.1, -0.05) is 44.9 Å². The Labute approximate surface area is 262 Å². The lowest BCUT2D eigenvalue weighted by atomic mass is 9.71. The number of rotatable bonds is 1. The van der Waals surface area contributed by atoms with Crippen LogP contribution in [-0.4, -0.2) is 54.6 Å². The smallest absolute Gasteiger partial charge is 0.225 e. The summed E-state index contributed by atoms with van der Waals surface area (Å²) in [6.07, 6.45) is 21.2. The molecule has 0 amide bonds. The van der Waals surface area contributed by atoms with Gasteiger partial charge < -0.3 is 0 Å². The molecular formula is C33H55ClN8O. The standard InChI is InChI=1S/C33H55ClN8O/c34-25(43)22-14-7-15-23-24(22)33-41-31-21-13-6-5-12-20(21)29(39-31)37-27-17-9-2-1-8-16(17)26(35-27)36-28-18-10-3-4-11-19(18)30(38-28)40-32(23)42-33/h16-24,26-33,35-42H,1-15H2. The van der Waals surface area contributed by atoms with Crippen LogP contribution in [0.5, 0.6) is 0 Å². The maximum Gasteiger partial charge on any atom is 0.225 e. The van der Waals surface area contributed by atoms with Crippen LogP contribution in [0, 0.1) is 53.3 Å². The monoisotopic (exact) mass is 614 g/mol. The highest BCUT2D eigenvalue weighted by atomic mass is 35.5. The zero-order chi connectivity index (χ0) is 28.7. The summed E-state index contributed by atoms with van der Waals surface area (Å²) in [7, 11) is 0. The predicted octanol–water partition coefficient (Wildman–Crippen LogP) is 2.60. The summed E-state index contributed by atoms with van der Waals surface area (Å²) in [5, 5.41) is 33.1. The van der Waals surface area contributed by atoms with Crippen LogP contribution >= 0.6 is 11.6 Å². The Bertz CT molecular complexity index is 1050. The van der Waals surface area contributed by atoms with Crippen molar-refractivity contribution in [3.63, 3.8) is 0 Å². The first-order valence-electron chi connectivity index (χ1n) is 18.4. The Kier molecular flexibility index (Phi) is 7.85. The second-order valence-electron chi connectivity index (χ2n) is 16.1. The zero-order valence-electron chi connectivity index (χ0n) is 25.7. The minimum atomic E-state index is -0.135. The van der Waals surface area contributed by atoms with E-state index in [1.165, 1.54) is 77.0 Å². The molecule has 8 bridgehead atoms. The summed E-state index contributed by atoms with van der Waals surface area (Å²) in [4.78, 5) is 12.8. The van der Waals surface area contributed by atoms with Gasteiger partial charge in [-0.05, 0) is 104 Å². The number of fused-ring (bicyclic) bond motifs is 20. The molecule has 0 aromatic heterocycles.